The van der Waals surface area contributed by atoms with Crippen LogP contribution in [0.15, 0.2) is 29.2 Å². The molecule has 0 heterocycles. The maximum absolute atomic E-state index is 12.0. The molecule has 3 nitrogen and oxygen atoms in total. The van der Waals surface area contributed by atoms with Gasteiger partial charge in [-0.25, -0.2) is 0 Å². The maximum atomic E-state index is 12.0. The van der Waals surface area contributed by atoms with E-state index in [0.717, 1.165) is 17.7 Å². The predicted molar refractivity (Wildman–Crippen MR) is 89.9 cm³/mol. The van der Waals surface area contributed by atoms with E-state index in [9.17, 15) is 4.79 Å². The summed E-state index contributed by atoms with van der Waals surface area (Å²) in [7, 11) is 0. The molecule has 20 heavy (non-hydrogen) atoms. The molecule has 0 aliphatic carbocycles. The molecule has 0 fully saturated rings. The van der Waals surface area contributed by atoms with Crippen molar-refractivity contribution in [3.63, 3.8) is 0 Å². The standard InChI is InChI=1S/C14H21ClN2OS.ClH/c1-3-14(4-2,10-16)17-13(18)9-19-12-7-5-11(15)6-8-12;/h5-8H,3-4,9-10,16H2,1-2H3,(H,17,18);1H. The number of halogens is 2. The lowest BCUT2D eigenvalue weighted by Crippen LogP contribution is -2.53. The van der Waals surface area contributed by atoms with Crippen LogP contribution in [0.2, 0.25) is 5.02 Å². The third kappa shape index (κ3) is 5.92. The van der Waals surface area contributed by atoms with E-state index in [1.807, 2.05) is 38.1 Å². The normalized spacial score (nSPS) is 10.8. The van der Waals surface area contributed by atoms with Gasteiger partial charge in [0.15, 0.2) is 0 Å². The highest BCUT2D eigenvalue weighted by Gasteiger charge is 2.25. The van der Waals surface area contributed by atoms with Gasteiger partial charge in [0.1, 0.15) is 0 Å². The second-order valence-electron chi connectivity index (χ2n) is 4.48. The van der Waals surface area contributed by atoms with Gasteiger partial charge in [-0.1, -0.05) is 25.4 Å². The number of amides is 1. The minimum atomic E-state index is -0.266. The summed E-state index contributed by atoms with van der Waals surface area (Å²) in [5.74, 6) is 0.415. The number of rotatable bonds is 7. The molecule has 0 saturated carbocycles. The van der Waals surface area contributed by atoms with Gasteiger partial charge in [-0.15, -0.1) is 24.2 Å². The number of hydrogen-bond acceptors (Lipinski definition) is 3. The van der Waals surface area contributed by atoms with Gasteiger partial charge in [-0.05, 0) is 37.1 Å². The second kappa shape index (κ2) is 9.50. The molecule has 0 aliphatic heterocycles. The molecule has 0 spiro atoms. The number of hydrogen-bond donors (Lipinski definition) is 2. The lowest BCUT2D eigenvalue weighted by atomic mass is 9.93. The van der Waals surface area contributed by atoms with E-state index in [4.69, 9.17) is 17.3 Å². The molecule has 1 aromatic rings. The Labute approximate surface area is 136 Å². The third-order valence-electron chi connectivity index (χ3n) is 3.33. The Kier molecular flexibility index (Phi) is 9.30. The molecule has 1 aromatic carbocycles. The van der Waals surface area contributed by atoms with Crippen LogP contribution < -0.4 is 11.1 Å². The fourth-order valence-corrected chi connectivity index (χ4v) is 2.60. The van der Waals surface area contributed by atoms with E-state index in [0.29, 0.717) is 17.3 Å². The lowest BCUT2D eigenvalue weighted by molar-refractivity contribution is -0.120. The average Bonchev–Trinajstić information content (AvgIpc) is 2.44. The van der Waals surface area contributed by atoms with Crippen LogP contribution in [0.5, 0.6) is 0 Å². The molecule has 114 valence electrons. The maximum Gasteiger partial charge on any atom is 0.230 e. The Balaban J connectivity index is 0.00000361. The van der Waals surface area contributed by atoms with Gasteiger partial charge >= 0.3 is 0 Å². The van der Waals surface area contributed by atoms with Crippen molar-refractivity contribution >= 4 is 41.7 Å². The Hall–Kier alpha value is -0.420. The summed E-state index contributed by atoms with van der Waals surface area (Å²) in [5, 5.41) is 3.75. The fraction of sp³-hybridized carbons (Fsp3) is 0.500. The molecule has 1 amide bonds. The van der Waals surface area contributed by atoms with Crippen molar-refractivity contribution in [1.82, 2.24) is 5.32 Å². The third-order valence-corrected chi connectivity index (χ3v) is 4.60. The summed E-state index contributed by atoms with van der Waals surface area (Å²) in [5.41, 5.74) is 5.50. The van der Waals surface area contributed by atoms with Crippen molar-refractivity contribution in [2.45, 2.75) is 37.1 Å². The van der Waals surface area contributed by atoms with Crippen LogP contribution in [0.1, 0.15) is 26.7 Å². The van der Waals surface area contributed by atoms with Crippen molar-refractivity contribution in [3.8, 4) is 0 Å². The Bertz CT molecular complexity index is 400. The molecule has 1 rings (SSSR count). The van der Waals surface area contributed by atoms with Crippen LogP contribution in [0, 0.1) is 0 Å². The first-order chi connectivity index (χ1) is 9.05. The molecular formula is C14H22Cl2N2OS. The molecule has 0 unspecified atom stereocenters. The first kappa shape index (κ1) is 19.6. The number of carbonyl (C=O) groups excluding carboxylic acids is 1. The van der Waals surface area contributed by atoms with Gasteiger partial charge in [-0.3, -0.25) is 4.79 Å². The molecular weight excluding hydrogens is 315 g/mol. The number of benzene rings is 1. The van der Waals surface area contributed by atoms with Crippen molar-refractivity contribution in [1.29, 1.82) is 0 Å². The van der Waals surface area contributed by atoms with Gasteiger partial charge in [-0.2, -0.15) is 0 Å². The molecule has 6 heteroatoms. The summed E-state index contributed by atoms with van der Waals surface area (Å²) < 4.78 is 0. The highest BCUT2D eigenvalue weighted by atomic mass is 35.5. The van der Waals surface area contributed by atoms with E-state index in [1.165, 1.54) is 11.8 Å². The van der Waals surface area contributed by atoms with Crippen LogP contribution in [-0.4, -0.2) is 23.7 Å². The van der Waals surface area contributed by atoms with Gasteiger partial charge < -0.3 is 11.1 Å². The SMILES string of the molecule is CCC(CC)(CN)NC(=O)CSc1ccc(Cl)cc1.Cl. The molecule has 0 atom stereocenters. The van der Waals surface area contributed by atoms with E-state index in [-0.39, 0.29) is 23.9 Å². The Morgan fingerprint density at radius 3 is 2.30 bits per heavy atom. The highest BCUT2D eigenvalue weighted by Crippen LogP contribution is 2.21. The summed E-state index contributed by atoms with van der Waals surface area (Å²) in [6, 6.07) is 7.47. The van der Waals surface area contributed by atoms with Gasteiger partial charge in [0, 0.05) is 16.5 Å². The van der Waals surface area contributed by atoms with Crippen molar-refractivity contribution < 1.29 is 4.79 Å². The summed E-state index contributed by atoms with van der Waals surface area (Å²) in [4.78, 5) is 13.0. The number of nitrogens with one attached hydrogen (secondary N) is 1. The second-order valence-corrected chi connectivity index (χ2v) is 5.97. The van der Waals surface area contributed by atoms with Gasteiger partial charge in [0.05, 0.1) is 11.3 Å². The molecule has 0 aliphatic rings. The minimum absolute atomic E-state index is 0. The zero-order valence-electron chi connectivity index (χ0n) is 11.8. The Morgan fingerprint density at radius 1 is 1.30 bits per heavy atom. The zero-order chi connectivity index (χ0) is 14.3. The first-order valence-electron chi connectivity index (χ1n) is 6.44. The highest BCUT2D eigenvalue weighted by molar-refractivity contribution is 8.00. The van der Waals surface area contributed by atoms with Crippen LogP contribution in [-0.2, 0) is 4.79 Å². The van der Waals surface area contributed by atoms with Crippen molar-refractivity contribution in [2.75, 3.05) is 12.3 Å². The van der Waals surface area contributed by atoms with E-state index in [1.54, 1.807) is 0 Å². The smallest absolute Gasteiger partial charge is 0.230 e. The molecule has 0 aromatic heterocycles. The predicted octanol–water partition coefficient (Wildman–Crippen LogP) is 3.49. The summed E-state index contributed by atoms with van der Waals surface area (Å²) >= 11 is 7.31. The van der Waals surface area contributed by atoms with Crippen LogP contribution >= 0.6 is 35.8 Å². The lowest BCUT2D eigenvalue weighted by Gasteiger charge is -2.31. The number of carbonyl (C=O) groups is 1. The van der Waals surface area contributed by atoms with Crippen molar-refractivity contribution in [3.05, 3.63) is 29.3 Å². The summed E-state index contributed by atoms with van der Waals surface area (Å²) in [6.45, 7) is 4.56. The van der Waals surface area contributed by atoms with E-state index < -0.39 is 0 Å². The molecule has 3 N–H and O–H groups in total. The molecule has 0 saturated heterocycles. The van der Waals surface area contributed by atoms with Gasteiger partial charge in [0.2, 0.25) is 5.91 Å². The van der Waals surface area contributed by atoms with Crippen molar-refractivity contribution in [2.24, 2.45) is 5.73 Å². The van der Waals surface area contributed by atoms with E-state index in [2.05, 4.69) is 5.32 Å². The minimum Gasteiger partial charge on any atom is -0.349 e. The zero-order valence-corrected chi connectivity index (χ0v) is 14.2. The fourth-order valence-electron chi connectivity index (χ4n) is 1.78. The monoisotopic (exact) mass is 336 g/mol. The largest absolute Gasteiger partial charge is 0.349 e. The average molecular weight is 337 g/mol. The molecule has 0 radical (unpaired) electrons. The quantitative estimate of drug-likeness (QED) is 0.749. The van der Waals surface area contributed by atoms with Crippen LogP contribution in [0.3, 0.4) is 0 Å². The summed E-state index contributed by atoms with van der Waals surface area (Å²) in [6.07, 6.45) is 1.69. The number of nitrogens with two attached hydrogens (primary N) is 1. The topological polar surface area (TPSA) is 55.1 Å². The van der Waals surface area contributed by atoms with E-state index >= 15 is 0 Å². The Morgan fingerprint density at radius 2 is 1.85 bits per heavy atom. The van der Waals surface area contributed by atoms with Crippen LogP contribution in [0.25, 0.3) is 0 Å². The first-order valence-corrected chi connectivity index (χ1v) is 7.81. The number of thioether (sulfide) groups is 1. The van der Waals surface area contributed by atoms with Crippen LogP contribution in [0.4, 0.5) is 0 Å². The molecule has 0 bridgehead atoms. The van der Waals surface area contributed by atoms with Gasteiger partial charge in [0.25, 0.3) is 0 Å².